The predicted octanol–water partition coefficient (Wildman–Crippen LogP) is 2.98. The molecule has 56 valence electrons. The Morgan fingerprint density at radius 2 is 2.27 bits per heavy atom. The Morgan fingerprint density at radius 3 is 3.27 bits per heavy atom. The van der Waals surface area contributed by atoms with Crippen LogP contribution in [0.25, 0.3) is 0 Å². The smallest absolute Gasteiger partial charge is 0.00611 e. The first-order valence-electron chi connectivity index (χ1n) is 4.55. The van der Waals surface area contributed by atoms with Crippen LogP contribution in [-0.4, -0.2) is 0 Å². The summed E-state index contributed by atoms with van der Waals surface area (Å²) in [5, 5.41) is 0. The van der Waals surface area contributed by atoms with E-state index in [0.717, 1.165) is 5.92 Å². The Bertz CT molecular complexity index is 289. The Hall–Kier alpha value is -0.780. The molecule has 0 aromatic heterocycles. The van der Waals surface area contributed by atoms with Crippen molar-refractivity contribution in [3.8, 4) is 0 Å². The lowest BCUT2D eigenvalue weighted by Gasteiger charge is -2.05. The fourth-order valence-corrected chi connectivity index (χ4v) is 2.67. The van der Waals surface area contributed by atoms with Crippen molar-refractivity contribution in [2.75, 3.05) is 0 Å². The van der Waals surface area contributed by atoms with Crippen LogP contribution >= 0.6 is 0 Å². The second-order valence-electron chi connectivity index (χ2n) is 3.75. The Kier molecular flexibility index (Phi) is 0.993. The normalized spacial score (nSPS) is 32.7. The molecule has 11 heavy (non-hydrogen) atoms. The Balaban J connectivity index is 2.07. The zero-order valence-electron chi connectivity index (χ0n) is 6.64. The van der Waals surface area contributed by atoms with E-state index in [9.17, 15) is 0 Å². The molecule has 0 heterocycles. The second-order valence-corrected chi connectivity index (χ2v) is 3.75. The predicted molar refractivity (Wildman–Crippen MR) is 46.2 cm³/mol. The average Bonchev–Trinajstić information content (AvgIpc) is 2.52. The molecule has 1 atom stereocenters. The van der Waals surface area contributed by atoms with E-state index in [1.165, 1.54) is 25.7 Å². The van der Waals surface area contributed by atoms with Crippen molar-refractivity contribution in [3.05, 3.63) is 34.9 Å². The lowest BCUT2D eigenvalue weighted by Crippen LogP contribution is -1.92. The van der Waals surface area contributed by atoms with Crippen molar-refractivity contribution in [3.63, 3.8) is 0 Å². The maximum Gasteiger partial charge on any atom is 0.00611 e. The zero-order chi connectivity index (χ0) is 7.26. The third kappa shape index (κ3) is 0.649. The van der Waals surface area contributed by atoms with E-state index in [2.05, 4.69) is 18.2 Å². The summed E-state index contributed by atoms with van der Waals surface area (Å²) in [4.78, 5) is 0. The van der Waals surface area contributed by atoms with Crippen LogP contribution in [0.15, 0.2) is 34.9 Å². The minimum absolute atomic E-state index is 0.792. The van der Waals surface area contributed by atoms with Gasteiger partial charge in [0.05, 0.1) is 0 Å². The molecule has 0 aromatic rings. The summed E-state index contributed by atoms with van der Waals surface area (Å²) in [5.74, 6) is 0.792. The van der Waals surface area contributed by atoms with Gasteiger partial charge < -0.3 is 0 Å². The fourth-order valence-electron chi connectivity index (χ4n) is 2.67. The molecule has 3 aliphatic carbocycles. The van der Waals surface area contributed by atoms with E-state index in [-0.39, 0.29) is 0 Å². The van der Waals surface area contributed by atoms with Gasteiger partial charge in [-0.15, -0.1) is 0 Å². The molecule has 0 saturated carbocycles. The van der Waals surface area contributed by atoms with Gasteiger partial charge in [-0.05, 0) is 36.8 Å². The van der Waals surface area contributed by atoms with Gasteiger partial charge in [0.15, 0.2) is 0 Å². The molecule has 3 rings (SSSR count). The van der Waals surface area contributed by atoms with Crippen LogP contribution in [0, 0.1) is 5.92 Å². The van der Waals surface area contributed by atoms with Gasteiger partial charge in [-0.2, -0.15) is 0 Å². The van der Waals surface area contributed by atoms with Crippen LogP contribution < -0.4 is 0 Å². The summed E-state index contributed by atoms with van der Waals surface area (Å²) in [6, 6.07) is 0. The van der Waals surface area contributed by atoms with Crippen LogP contribution in [0.5, 0.6) is 0 Å². The lowest BCUT2D eigenvalue weighted by atomic mass is 9.99. The van der Waals surface area contributed by atoms with Crippen LogP contribution in [0.1, 0.15) is 25.7 Å². The average molecular weight is 144 g/mol. The molecule has 0 bridgehead atoms. The monoisotopic (exact) mass is 144 g/mol. The summed E-state index contributed by atoms with van der Waals surface area (Å²) < 4.78 is 0. The fraction of sp³-hybridized carbons (Fsp3) is 0.455. The minimum atomic E-state index is 0.792. The molecular formula is C11H12. The van der Waals surface area contributed by atoms with E-state index in [1.54, 1.807) is 16.7 Å². The van der Waals surface area contributed by atoms with Gasteiger partial charge in [0, 0.05) is 5.92 Å². The van der Waals surface area contributed by atoms with E-state index in [4.69, 9.17) is 0 Å². The molecule has 0 aromatic carbocycles. The molecule has 0 amide bonds. The number of hydrogen-bond donors (Lipinski definition) is 0. The van der Waals surface area contributed by atoms with Gasteiger partial charge >= 0.3 is 0 Å². The summed E-state index contributed by atoms with van der Waals surface area (Å²) >= 11 is 0. The maximum absolute atomic E-state index is 2.35. The first-order valence-corrected chi connectivity index (χ1v) is 4.55. The molecular weight excluding hydrogens is 132 g/mol. The summed E-state index contributed by atoms with van der Waals surface area (Å²) in [7, 11) is 0. The topological polar surface area (TPSA) is 0 Å². The highest BCUT2D eigenvalue weighted by atomic mass is 14.4. The van der Waals surface area contributed by atoms with E-state index < -0.39 is 0 Å². The summed E-state index contributed by atoms with van der Waals surface area (Å²) in [6.45, 7) is 0. The standard InChI is InChI=1S/C11H12/c1-3-8-7-9-4-2-6-11(9)10(8)5-1/h1,3,5,8H,2,4,6-7H2. The Morgan fingerprint density at radius 1 is 1.27 bits per heavy atom. The van der Waals surface area contributed by atoms with Gasteiger partial charge in [-0.1, -0.05) is 23.8 Å². The van der Waals surface area contributed by atoms with E-state index in [0.29, 0.717) is 0 Å². The van der Waals surface area contributed by atoms with Crippen molar-refractivity contribution in [2.45, 2.75) is 25.7 Å². The number of fused-ring (bicyclic) bond motifs is 2. The summed E-state index contributed by atoms with van der Waals surface area (Å²) in [6.07, 6.45) is 12.4. The van der Waals surface area contributed by atoms with Crippen LogP contribution in [-0.2, 0) is 0 Å². The number of rotatable bonds is 0. The van der Waals surface area contributed by atoms with Gasteiger partial charge in [0.25, 0.3) is 0 Å². The van der Waals surface area contributed by atoms with Gasteiger partial charge in [-0.3, -0.25) is 0 Å². The number of allylic oxidation sites excluding steroid dienone is 6. The maximum atomic E-state index is 2.35. The molecule has 0 saturated heterocycles. The van der Waals surface area contributed by atoms with Crippen LogP contribution in [0.3, 0.4) is 0 Å². The van der Waals surface area contributed by atoms with Gasteiger partial charge in [-0.25, -0.2) is 0 Å². The van der Waals surface area contributed by atoms with Crippen molar-refractivity contribution in [1.29, 1.82) is 0 Å². The van der Waals surface area contributed by atoms with Crippen LogP contribution in [0.4, 0.5) is 0 Å². The van der Waals surface area contributed by atoms with Gasteiger partial charge in [0.1, 0.15) is 0 Å². The minimum Gasteiger partial charge on any atom is -0.0767 e. The SMILES string of the molecule is C1=CC2CC3=C(CCC3)C2=C1. The van der Waals surface area contributed by atoms with Crippen molar-refractivity contribution in [1.82, 2.24) is 0 Å². The zero-order valence-corrected chi connectivity index (χ0v) is 6.64. The van der Waals surface area contributed by atoms with E-state index in [1.807, 2.05) is 0 Å². The molecule has 0 radical (unpaired) electrons. The second kappa shape index (κ2) is 1.88. The first kappa shape index (κ1) is 5.82. The van der Waals surface area contributed by atoms with Crippen LogP contribution in [0.2, 0.25) is 0 Å². The molecule has 0 N–H and O–H groups in total. The molecule has 0 nitrogen and oxygen atoms in total. The first-order chi connectivity index (χ1) is 5.45. The highest BCUT2D eigenvalue weighted by Crippen LogP contribution is 2.47. The lowest BCUT2D eigenvalue weighted by molar-refractivity contribution is 0.747. The molecule has 0 aliphatic heterocycles. The Labute approximate surface area is 67.3 Å². The molecule has 1 unspecified atom stereocenters. The summed E-state index contributed by atoms with van der Waals surface area (Å²) in [5.41, 5.74) is 5.14. The highest BCUT2D eigenvalue weighted by Gasteiger charge is 2.31. The number of hydrogen-bond acceptors (Lipinski definition) is 0. The molecule has 0 heteroatoms. The van der Waals surface area contributed by atoms with Crippen molar-refractivity contribution in [2.24, 2.45) is 5.92 Å². The molecule has 3 aliphatic rings. The third-order valence-corrected chi connectivity index (χ3v) is 3.17. The third-order valence-electron chi connectivity index (χ3n) is 3.17. The molecule has 0 fully saturated rings. The van der Waals surface area contributed by atoms with E-state index >= 15 is 0 Å². The highest BCUT2D eigenvalue weighted by molar-refractivity contribution is 5.52. The van der Waals surface area contributed by atoms with Crippen molar-refractivity contribution >= 4 is 0 Å². The quantitative estimate of drug-likeness (QED) is 0.490. The molecule has 0 spiro atoms. The van der Waals surface area contributed by atoms with Crippen molar-refractivity contribution < 1.29 is 0 Å². The largest absolute Gasteiger partial charge is 0.0767 e. The van der Waals surface area contributed by atoms with Gasteiger partial charge in [0.2, 0.25) is 0 Å².